The summed E-state index contributed by atoms with van der Waals surface area (Å²) in [6.07, 6.45) is 0. The molecule has 1 aromatic rings. The van der Waals surface area contributed by atoms with Crippen LogP contribution in [0.4, 0.5) is 0 Å². The quantitative estimate of drug-likeness (QED) is 0.458. The van der Waals surface area contributed by atoms with Crippen LogP contribution in [0, 0.1) is 0 Å². The smallest absolute Gasteiger partial charge is 0.259 e. The minimum atomic E-state index is -1.03. The molecular formula is C15H25BrNO2P. The van der Waals surface area contributed by atoms with Crippen molar-refractivity contribution in [3.8, 4) is 0 Å². The maximum Gasteiger partial charge on any atom is 0.259 e. The summed E-state index contributed by atoms with van der Waals surface area (Å²) in [5.41, 5.74) is 1.18. The van der Waals surface area contributed by atoms with Gasteiger partial charge in [0.15, 0.2) is 0 Å². The number of hydrogen-bond donors (Lipinski definition) is 0. The van der Waals surface area contributed by atoms with Gasteiger partial charge in [0.1, 0.15) is 0 Å². The van der Waals surface area contributed by atoms with Gasteiger partial charge in [-0.25, -0.2) is 4.67 Å². The molecule has 0 aliphatic rings. The van der Waals surface area contributed by atoms with Crippen LogP contribution >= 0.6 is 24.5 Å². The number of hydrogen-bond acceptors (Lipinski definition) is 3. The van der Waals surface area contributed by atoms with Crippen molar-refractivity contribution in [2.24, 2.45) is 0 Å². The number of alkyl halides is 1. The number of nitrogens with zero attached hydrogens (tertiary/aromatic N) is 1. The predicted molar refractivity (Wildman–Crippen MR) is 90.0 cm³/mol. The molecule has 0 spiro atoms. The molecule has 1 rings (SSSR count). The Labute approximate surface area is 132 Å². The lowest BCUT2D eigenvalue weighted by atomic mass is 10.2. The van der Waals surface area contributed by atoms with Crippen molar-refractivity contribution >= 4 is 24.5 Å². The monoisotopic (exact) mass is 361 g/mol. The highest BCUT2D eigenvalue weighted by molar-refractivity contribution is 9.09. The van der Waals surface area contributed by atoms with E-state index in [1.165, 1.54) is 5.56 Å². The van der Waals surface area contributed by atoms with Gasteiger partial charge in [0, 0.05) is 17.4 Å². The van der Waals surface area contributed by atoms with E-state index >= 15 is 0 Å². The van der Waals surface area contributed by atoms with Gasteiger partial charge in [-0.2, -0.15) is 0 Å². The summed E-state index contributed by atoms with van der Waals surface area (Å²) >= 11 is 3.41. The summed E-state index contributed by atoms with van der Waals surface area (Å²) < 4.78 is 14.3. The first-order chi connectivity index (χ1) is 9.56. The van der Waals surface area contributed by atoms with E-state index in [4.69, 9.17) is 9.05 Å². The maximum absolute atomic E-state index is 6.06. The average molecular weight is 362 g/mol. The second-order valence-corrected chi connectivity index (χ2v) is 7.33. The first-order valence-corrected chi connectivity index (χ1v) is 9.25. The number of halogens is 1. The van der Waals surface area contributed by atoms with Crippen molar-refractivity contribution in [2.45, 2.75) is 46.4 Å². The highest BCUT2D eigenvalue weighted by atomic mass is 79.9. The number of benzene rings is 1. The zero-order valence-corrected chi connectivity index (χ0v) is 15.2. The van der Waals surface area contributed by atoms with Crippen LogP contribution in [0.1, 0.15) is 33.3 Å². The average Bonchev–Trinajstić information content (AvgIpc) is 2.42. The third-order valence-electron chi connectivity index (χ3n) is 2.71. The molecule has 0 heterocycles. The Balaban J connectivity index is 2.67. The van der Waals surface area contributed by atoms with Crippen molar-refractivity contribution in [3.63, 3.8) is 0 Å². The first kappa shape index (κ1) is 18.1. The van der Waals surface area contributed by atoms with Gasteiger partial charge < -0.3 is 9.05 Å². The van der Waals surface area contributed by atoms with E-state index in [1.54, 1.807) is 0 Å². The van der Waals surface area contributed by atoms with Gasteiger partial charge in [0.05, 0.1) is 13.2 Å². The van der Waals surface area contributed by atoms with Crippen molar-refractivity contribution in [1.29, 1.82) is 0 Å². The molecule has 0 amide bonds. The van der Waals surface area contributed by atoms with Gasteiger partial charge >= 0.3 is 0 Å². The van der Waals surface area contributed by atoms with Crippen LogP contribution in [0.25, 0.3) is 0 Å². The van der Waals surface area contributed by atoms with Crippen molar-refractivity contribution in [3.05, 3.63) is 35.9 Å². The van der Waals surface area contributed by atoms with E-state index in [1.807, 2.05) is 18.2 Å². The molecule has 1 aromatic carbocycles. The van der Waals surface area contributed by atoms with E-state index < -0.39 is 8.53 Å². The lowest BCUT2D eigenvalue weighted by molar-refractivity contribution is 0.175. The lowest BCUT2D eigenvalue weighted by Gasteiger charge is -2.35. The van der Waals surface area contributed by atoms with Crippen LogP contribution in [0.2, 0.25) is 0 Å². The van der Waals surface area contributed by atoms with Gasteiger partial charge in [-0.1, -0.05) is 46.3 Å². The molecule has 114 valence electrons. The Morgan fingerprint density at radius 1 is 1.05 bits per heavy atom. The van der Waals surface area contributed by atoms with Gasteiger partial charge in [-0.15, -0.1) is 0 Å². The molecule has 20 heavy (non-hydrogen) atoms. The summed E-state index contributed by atoms with van der Waals surface area (Å²) in [6, 6.07) is 11.0. The molecule has 0 saturated carbocycles. The largest absolute Gasteiger partial charge is 0.321 e. The standard InChI is InChI=1S/C15H25BrNO2P/c1-13(2)17(14(3)4)20(18-11-10-16)19-12-15-8-6-5-7-9-15/h5-9,13-14H,10-12H2,1-4H3. The molecule has 0 aliphatic heterocycles. The third kappa shape index (κ3) is 6.19. The molecule has 0 fully saturated rings. The fourth-order valence-corrected chi connectivity index (χ4v) is 3.98. The van der Waals surface area contributed by atoms with E-state index in [-0.39, 0.29) is 0 Å². The van der Waals surface area contributed by atoms with Crippen LogP contribution in [-0.2, 0) is 15.7 Å². The highest BCUT2D eigenvalue weighted by Crippen LogP contribution is 2.46. The minimum absolute atomic E-state index is 0.396. The van der Waals surface area contributed by atoms with Crippen molar-refractivity contribution < 1.29 is 9.05 Å². The molecule has 0 radical (unpaired) electrons. The second kappa shape index (κ2) is 9.86. The van der Waals surface area contributed by atoms with Crippen LogP contribution in [0.15, 0.2) is 30.3 Å². The molecular weight excluding hydrogens is 337 g/mol. The Bertz CT molecular complexity index is 354. The Morgan fingerprint density at radius 2 is 1.65 bits per heavy atom. The summed E-state index contributed by atoms with van der Waals surface area (Å²) in [5.74, 6) is 0. The Hall–Kier alpha value is 0.0100. The zero-order chi connectivity index (χ0) is 15.0. The summed E-state index contributed by atoms with van der Waals surface area (Å²) in [7, 11) is -1.03. The SMILES string of the molecule is CC(C)N(C(C)C)P(OCCBr)OCc1ccccc1. The molecule has 1 atom stereocenters. The van der Waals surface area contributed by atoms with Gasteiger partial charge in [-0.05, 0) is 33.3 Å². The molecule has 0 aromatic heterocycles. The Kier molecular flexibility index (Phi) is 8.90. The van der Waals surface area contributed by atoms with E-state index in [0.717, 1.165) is 5.33 Å². The molecule has 5 heteroatoms. The van der Waals surface area contributed by atoms with Crippen LogP contribution < -0.4 is 0 Å². The normalized spacial score (nSPS) is 13.4. The minimum Gasteiger partial charge on any atom is -0.321 e. The molecule has 0 bridgehead atoms. The van der Waals surface area contributed by atoms with E-state index in [9.17, 15) is 0 Å². The first-order valence-electron chi connectivity index (χ1n) is 7.00. The Morgan fingerprint density at radius 3 is 2.15 bits per heavy atom. The molecule has 0 aliphatic carbocycles. The fourth-order valence-electron chi connectivity index (χ4n) is 1.96. The molecule has 3 nitrogen and oxygen atoms in total. The zero-order valence-electron chi connectivity index (χ0n) is 12.8. The van der Waals surface area contributed by atoms with Gasteiger partial charge in [-0.3, -0.25) is 0 Å². The molecule has 1 unspecified atom stereocenters. The summed E-state index contributed by atoms with van der Waals surface area (Å²) in [6.45, 7) is 9.97. The fraction of sp³-hybridized carbons (Fsp3) is 0.600. The molecule has 0 N–H and O–H groups in total. The summed E-state index contributed by atoms with van der Waals surface area (Å²) in [5, 5.41) is 0.824. The second-order valence-electron chi connectivity index (χ2n) is 5.09. The summed E-state index contributed by atoms with van der Waals surface area (Å²) in [4.78, 5) is 0. The van der Waals surface area contributed by atoms with E-state index in [2.05, 4.69) is 60.4 Å². The number of rotatable bonds is 9. The topological polar surface area (TPSA) is 21.7 Å². The predicted octanol–water partition coefficient (Wildman–Crippen LogP) is 4.96. The van der Waals surface area contributed by atoms with E-state index in [0.29, 0.717) is 25.3 Å². The lowest BCUT2D eigenvalue weighted by Crippen LogP contribution is -2.33. The molecule has 0 saturated heterocycles. The van der Waals surface area contributed by atoms with Gasteiger partial charge in [0.25, 0.3) is 8.53 Å². The van der Waals surface area contributed by atoms with Crippen LogP contribution in [0.5, 0.6) is 0 Å². The van der Waals surface area contributed by atoms with Crippen molar-refractivity contribution in [1.82, 2.24) is 4.67 Å². The highest BCUT2D eigenvalue weighted by Gasteiger charge is 2.26. The third-order valence-corrected chi connectivity index (χ3v) is 5.09. The maximum atomic E-state index is 6.06. The van der Waals surface area contributed by atoms with Crippen LogP contribution in [-0.4, -0.2) is 28.7 Å². The van der Waals surface area contributed by atoms with Gasteiger partial charge in [0.2, 0.25) is 0 Å². The van der Waals surface area contributed by atoms with Crippen molar-refractivity contribution in [2.75, 3.05) is 11.9 Å². The van der Waals surface area contributed by atoms with Crippen LogP contribution in [0.3, 0.4) is 0 Å².